The monoisotopic (exact) mass is 376 g/mol. The van der Waals surface area contributed by atoms with Gasteiger partial charge in [0.1, 0.15) is 0 Å². The Balaban J connectivity index is 0.00000176. The van der Waals surface area contributed by atoms with E-state index in [1.165, 1.54) is 11.3 Å². The van der Waals surface area contributed by atoms with Gasteiger partial charge in [0.25, 0.3) is 5.91 Å². The minimum absolute atomic E-state index is 0. The van der Waals surface area contributed by atoms with Crippen LogP contribution in [-0.4, -0.2) is 25.5 Å². The molecule has 0 radical (unpaired) electrons. The molecule has 3 rings (SSSR count). The number of nitrogens with one attached hydrogen (secondary N) is 2. The number of carbonyl (C=O) groups excluding carboxylic acids is 1. The maximum absolute atomic E-state index is 12.1. The average molecular weight is 378 g/mol. The van der Waals surface area contributed by atoms with Crippen LogP contribution < -0.4 is 10.6 Å². The number of rotatable bonds is 4. The standard InChI is InChI=1S/C15H14Cl2N2OS.ClH/c16-11-3-10(4-12(17)5-11)13-1-2-14(21-13)15(20)19-8-9-6-18-7-9;/h1-5,9,18H,6-8H2,(H,19,20);1H. The Morgan fingerprint density at radius 1 is 1.23 bits per heavy atom. The Labute approximate surface area is 149 Å². The lowest BCUT2D eigenvalue weighted by Gasteiger charge is -2.26. The van der Waals surface area contributed by atoms with Crippen molar-refractivity contribution in [3.63, 3.8) is 0 Å². The fourth-order valence-electron chi connectivity index (χ4n) is 2.13. The summed E-state index contributed by atoms with van der Waals surface area (Å²) in [6.45, 7) is 2.69. The number of amides is 1. The predicted octanol–water partition coefficient (Wildman–Crippen LogP) is 4.09. The lowest BCUT2D eigenvalue weighted by atomic mass is 10.0. The van der Waals surface area contributed by atoms with E-state index in [0.717, 1.165) is 30.1 Å². The van der Waals surface area contributed by atoms with Gasteiger partial charge >= 0.3 is 0 Å². The van der Waals surface area contributed by atoms with Gasteiger partial charge in [-0.25, -0.2) is 0 Å². The van der Waals surface area contributed by atoms with E-state index >= 15 is 0 Å². The van der Waals surface area contributed by atoms with Crippen LogP contribution >= 0.6 is 46.9 Å². The SMILES string of the molecule is Cl.O=C(NCC1CNC1)c1ccc(-c2cc(Cl)cc(Cl)c2)s1. The maximum atomic E-state index is 12.1. The van der Waals surface area contributed by atoms with E-state index in [0.29, 0.717) is 20.8 Å². The molecule has 7 heteroatoms. The lowest BCUT2D eigenvalue weighted by Crippen LogP contribution is -2.48. The molecular formula is C15H15Cl3N2OS. The number of thiophene rings is 1. The van der Waals surface area contributed by atoms with Crippen LogP contribution in [0.15, 0.2) is 30.3 Å². The molecule has 0 aliphatic carbocycles. The van der Waals surface area contributed by atoms with Crippen molar-refractivity contribution in [2.24, 2.45) is 5.92 Å². The third-order valence-corrected chi connectivity index (χ3v) is 4.96. The molecule has 118 valence electrons. The van der Waals surface area contributed by atoms with Crippen molar-refractivity contribution in [2.75, 3.05) is 19.6 Å². The summed E-state index contributed by atoms with van der Waals surface area (Å²) in [6, 6.07) is 9.15. The van der Waals surface area contributed by atoms with Crippen molar-refractivity contribution >= 4 is 52.9 Å². The largest absolute Gasteiger partial charge is 0.351 e. The van der Waals surface area contributed by atoms with Crippen LogP contribution in [0.1, 0.15) is 9.67 Å². The van der Waals surface area contributed by atoms with Gasteiger partial charge in [-0.1, -0.05) is 23.2 Å². The van der Waals surface area contributed by atoms with E-state index in [4.69, 9.17) is 23.2 Å². The van der Waals surface area contributed by atoms with Gasteiger partial charge in [-0.05, 0) is 35.9 Å². The summed E-state index contributed by atoms with van der Waals surface area (Å²) in [6.07, 6.45) is 0. The molecule has 22 heavy (non-hydrogen) atoms. The summed E-state index contributed by atoms with van der Waals surface area (Å²) in [4.78, 5) is 13.8. The van der Waals surface area contributed by atoms with Crippen molar-refractivity contribution in [1.29, 1.82) is 0 Å². The summed E-state index contributed by atoms with van der Waals surface area (Å²) < 4.78 is 0. The van der Waals surface area contributed by atoms with Gasteiger partial charge < -0.3 is 10.6 Å². The number of benzene rings is 1. The molecular weight excluding hydrogens is 363 g/mol. The Morgan fingerprint density at radius 2 is 1.91 bits per heavy atom. The molecule has 2 heterocycles. The highest BCUT2D eigenvalue weighted by Crippen LogP contribution is 2.32. The predicted molar refractivity (Wildman–Crippen MR) is 95.7 cm³/mol. The zero-order valence-corrected chi connectivity index (χ0v) is 14.7. The fourth-order valence-corrected chi connectivity index (χ4v) is 3.56. The summed E-state index contributed by atoms with van der Waals surface area (Å²) in [7, 11) is 0. The molecule has 1 aromatic heterocycles. The molecule has 1 fully saturated rings. The van der Waals surface area contributed by atoms with E-state index in [9.17, 15) is 4.79 Å². The minimum Gasteiger partial charge on any atom is -0.351 e. The van der Waals surface area contributed by atoms with Crippen molar-refractivity contribution in [2.45, 2.75) is 0 Å². The van der Waals surface area contributed by atoms with Crippen LogP contribution in [0.4, 0.5) is 0 Å². The zero-order chi connectivity index (χ0) is 14.8. The Hall–Kier alpha value is -0.780. The molecule has 1 saturated heterocycles. The van der Waals surface area contributed by atoms with Crippen LogP contribution in [0.5, 0.6) is 0 Å². The molecule has 1 aromatic carbocycles. The first-order valence-corrected chi connectivity index (χ1v) is 8.24. The maximum Gasteiger partial charge on any atom is 0.261 e. The molecule has 0 saturated carbocycles. The molecule has 3 nitrogen and oxygen atoms in total. The van der Waals surface area contributed by atoms with Gasteiger partial charge in [0.2, 0.25) is 0 Å². The molecule has 0 bridgehead atoms. The highest BCUT2D eigenvalue weighted by molar-refractivity contribution is 7.17. The quantitative estimate of drug-likeness (QED) is 0.842. The van der Waals surface area contributed by atoms with E-state index in [-0.39, 0.29) is 18.3 Å². The van der Waals surface area contributed by atoms with Crippen molar-refractivity contribution in [1.82, 2.24) is 10.6 Å². The minimum atomic E-state index is -0.0220. The van der Waals surface area contributed by atoms with Gasteiger partial charge in [-0.2, -0.15) is 0 Å². The average Bonchev–Trinajstić information content (AvgIpc) is 2.85. The van der Waals surface area contributed by atoms with E-state index in [1.54, 1.807) is 6.07 Å². The van der Waals surface area contributed by atoms with Crippen LogP contribution in [0.25, 0.3) is 10.4 Å². The first-order chi connectivity index (χ1) is 10.1. The van der Waals surface area contributed by atoms with Crippen LogP contribution in [0.2, 0.25) is 10.0 Å². The van der Waals surface area contributed by atoms with Crippen molar-refractivity contribution in [3.8, 4) is 10.4 Å². The Kier molecular flexibility index (Phi) is 6.12. The van der Waals surface area contributed by atoms with Gasteiger partial charge in [0, 0.05) is 40.5 Å². The van der Waals surface area contributed by atoms with Crippen molar-refractivity contribution in [3.05, 3.63) is 45.3 Å². The molecule has 2 aromatic rings. The number of hydrogen-bond donors (Lipinski definition) is 2. The summed E-state index contributed by atoms with van der Waals surface area (Å²) in [5, 5.41) is 7.34. The Bertz CT molecular complexity index is 650. The second kappa shape index (κ2) is 7.66. The topological polar surface area (TPSA) is 41.1 Å². The zero-order valence-electron chi connectivity index (χ0n) is 11.6. The van der Waals surface area contributed by atoms with Gasteiger partial charge in [0.05, 0.1) is 4.88 Å². The normalized spacial score (nSPS) is 14.1. The molecule has 0 atom stereocenters. The van der Waals surface area contributed by atoms with Gasteiger partial charge in [-0.15, -0.1) is 23.7 Å². The summed E-state index contributed by atoms with van der Waals surface area (Å²) >= 11 is 13.5. The summed E-state index contributed by atoms with van der Waals surface area (Å²) in [5.41, 5.74) is 0.930. The molecule has 1 amide bonds. The molecule has 0 unspecified atom stereocenters. The van der Waals surface area contributed by atoms with Crippen LogP contribution in [0.3, 0.4) is 0 Å². The molecule has 2 N–H and O–H groups in total. The van der Waals surface area contributed by atoms with E-state index in [2.05, 4.69) is 10.6 Å². The van der Waals surface area contributed by atoms with Crippen LogP contribution in [-0.2, 0) is 0 Å². The number of halogens is 3. The van der Waals surface area contributed by atoms with Crippen molar-refractivity contribution < 1.29 is 4.79 Å². The fraction of sp³-hybridized carbons (Fsp3) is 0.267. The first-order valence-electron chi connectivity index (χ1n) is 6.67. The van der Waals surface area contributed by atoms with Gasteiger partial charge in [0.15, 0.2) is 0 Å². The second-order valence-electron chi connectivity index (χ2n) is 5.06. The first kappa shape index (κ1) is 17.6. The molecule has 1 aliphatic heterocycles. The third-order valence-electron chi connectivity index (χ3n) is 3.39. The smallest absolute Gasteiger partial charge is 0.261 e. The van der Waals surface area contributed by atoms with Crippen LogP contribution in [0, 0.1) is 5.92 Å². The van der Waals surface area contributed by atoms with E-state index < -0.39 is 0 Å². The lowest BCUT2D eigenvalue weighted by molar-refractivity contribution is 0.0946. The molecule has 1 aliphatic rings. The highest BCUT2D eigenvalue weighted by Gasteiger charge is 2.18. The highest BCUT2D eigenvalue weighted by atomic mass is 35.5. The Morgan fingerprint density at radius 3 is 2.50 bits per heavy atom. The number of hydrogen-bond acceptors (Lipinski definition) is 3. The van der Waals surface area contributed by atoms with Gasteiger partial charge in [-0.3, -0.25) is 4.79 Å². The second-order valence-corrected chi connectivity index (χ2v) is 7.01. The molecule has 0 spiro atoms. The summed E-state index contributed by atoms with van der Waals surface area (Å²) in [5.74, 6) is 0.534. The number of carbonyl (C=O) groups is 1. The van der Waals surface area contributed by atoms with E-state index in [1.807, 2.05) is 24.3 Å². The third kappa shape index (κ3) is 4.15.